The largest absolute Gasteiger partial charge is 0.508 e. The van der Waals surface area contributed by atoms with E-state index in [0.717, 1.165) is 16.7 Å². The molecular weight excluding hydrogens is 407 g/mol. The molecular formula is C23H18Cl2N2O2. The van der Waals surface area contributed by atoms with E-state index in [1.54, 1.807) is 30.5 Å². The molecule has 4 rings (SSSR count). The molecule has 0 radical (unpaired) electrons. The molecule has 0 aliphatic heterocycles. The van der Waals surface area contributed by atoms with E-state index in [2.05, 4.69) is 10.5 Å². The molecule has 3 aromatic rings. The Balaban J connectivity index is 1.56. The number of phenolic OH excluding ortho intramolecular Hbond substituents is 1. The number of carbonyl (C=O) groups is 1. The van der Waals surface area contributed by atoms with Gasteiger partial charge in [0.1, 0.15) is 5.75 Å². The highest BCUT2D eigenvalue weighted by Gasteiger charge is 2.60. The van der Waals surface area contributed by atoms with Crippen LogP contribution in [0.3, 0.4) is 0 Å². The monoisotopic (exact) mass is 424 g/mol. The van der Waals surface area contributed by atoms with Gasteiger partial charge >= 0.3 is 0 Å². The van der Waals surface area contributed by atoms with Crippen molar-refractivity contribution in [3.05, 3.63) is 99.5 Å². The minimum atomic E-state index is -0.423. The fourth-order valence-corrected chi connectivity index (χ4v) is 3.94. The first-order chi connectivity index (χ1) is 14.0. The van der Waals surface area contributed by atoms with Gasteiger partial charge in [-0.1, -0.05) is 47.5 Å². The molecule has 0 unspecified atom stereocenters. The predicted molar refractivity (Wildman–Crippen MR) is 116 cm³/mol. The van der Waals surface area contributed by atoms with Gasteiger partial charge in [-0.25, -0.2) is 5.43 Å². The number of hydrazone groups is 1. The number of halogens is 2. The van der Waals surface area contributed by atoms with Crippen LogP contribution >= 0.6 is 23.2 Å². The van der Waals surface area contributed by atoms with Crippen LogP contribution in [-0.2, 0) is 10.2 Å². The van der Waals surface area contributed by atoms with Gasteiger partial charge in [0.05, 0.1) is 12.1 Å². The summed E-state index contributed by atoms with van der Waals surface area (Å²) in [5, 5.41) is 14.7. The lowest BCUT2D eigenvalue weighted by molar-refractivity contribution is -0.122. The Morgan fingerprint density at radius 2 is 1.45 bits per heavy atom. The fourth-order valence-electron chi connectivity index (χ4n) is 3.69. The first-order valence-corrected chi connectivity index (χ1v) is 9.89. The Kier molecular flexibility index (Phi) is 5.31. The van der Waals surface area contributed by atoms with Crippen molar-refractivity contribution in [3.8, 4) is 5.75 Å². The summed E-state index contributed by atoms with van der Waals surface area (Å²) in [6.45, 7) is 0. The molecule has 2 N–H and O–H groups in total. The molecule has 29 heavy (non-hydrogen) atoms. The molecule has 1 aliphatic carbocycles. The van der Waals surface area contributed by atoms with Crippen LogP contribution in [-0.4, -0.2) is 17.2 Å². The highest BCUT2D eigenvalue weighted by molar-refractivity contribution is 6.30. The zero-order valence-electron chi connectivity index (χ0n) is 15.3. The standard InChI is InChI=1S/C23H18Cl2N2O2/c24-18-7-3-16(4-8-18)23(17-5-9-19(25)10-6-17)13-21(23)22(29)27-26-14-15-1-11-20(28)12-2-15/h1-12,14,21,28H,13H2,(H,27,29)/b26-14-/t21-/m0/s1. The lowest BCUT2D eigenvalue weighted by atomic mass is 9.85. The summed E-state index contributed by atoms with van der Waals surface area (Å²) >= 11 is 12.1. The van der Waals surface area contributed by atoms with Gasteiger partial charge in [-0.05, 0) is 71.6 Å². The van der Waals surface area contributed by atoms with Crippen molar-refractivity contribution in [2.45, 2.75) is 11.8 Å². The predicted octanol–water partition coefficient (Wildman–Crippen LogP) is 5.16. The maximum Gasteiger partial charge on any atom is 0.244 e. The zero-order valence-corrected chi connectivity index (χ0v) is 16.9. The third-order valence-corrected chi connectivity index (χ3v) is 5.78. The Morgan fingerprint density at radius 1 is 0.931 bits per heavy atom. The van der Waals surface area contributed by atoms with Gasteiger partial charge in [0.2, 0.25) is 5.91 Å². The maximum atomic E-state index is 12.8. The van der Waals surface area contributed by atoms with Gasteiger partial charge in [0.25, 0.3) is 0 Å². The highest BCUT2D eigenvalue weighted by Crippen LogP contribution is 2.59. The van der Waals surface area contributed by atoms with Crippen molar-refractivity contribution < 1.29 is 9.90 Å². The molecule has 6 heteroatoms. The van der Waals surface area contributed by atoms with Gasteiger partial charge in [-0.2, -0.15) is 5.10 Å². The quantitative estimate of drug-likeness (QED) is 0.439. The van der Waals surface area contributed by atoms with E-state index >= 15 is 0 Å². The minimum absolute atomic E-state index is 0.148. The van der Waals surface area contributed by atoms with Crippen molar-refractivity contribution in [2.24, 2.45) is 11.0 Å². The summed E-state index contributed by atoms with van der Waals surface area (Å²) in [6.07, 6.45) is 2.23. The second-order valence-electron chi connectivity index (χ2n) is 7.07. The number of amides is 1. The topological polar surface area (TPSA) is 61.7 Å². The van der Waals surface area contributed by atoms with E-state index < -0.39 is 5.41 Å². The average Bonchev–Trinajstić information content (AvgIpc) is 3.47. The number of hydrogen-bond donors (Lipinski definition) is 2. The zero-order chi connectivity index (χ0) is 20.4. The summed E-state index contributed by atoms with van der Waals surface area (Å²) in [4.78, 5) is 12.8. The normalized spacial score (nSPS) is 17.2. The van der Waals surface area contributed by atoms with Crippen LogP contribution in [0.2, 0.25) is 10.0 Å². The summed E-state index contributed by atoms with van der Waals surface area (Å²) < 4.78 is 0. The summed E-state index contributed by atoms with van der Waals surface area (Å²) in [5.74, 6) is -0.216. The Hall–Kier alpha value is -2.82. The fraction of sp³-hybridized carbons (Fsp3) is 0.130. The molecule has 0 aromatic heterocycles. The molecule has 0 saturated heterocycles. The van der Waals surface area contributed by atoms with Crippen LogP contribution in [0.25, 0.3) is 0 Å². The average molecular weight is 425 g/mol. The molecule has 4 nitrogen and oxygen atoms in total. The van der Waals surface area contributed by atoms with Crippen molar-refractivity contribution in [2.75, 3.05) is 0 Å². The molecule has 1 aliphatic rings. The molecule has 1 fully saturated rings. The lowest BCUT2D eigenvalue weighted by Gasteiger charge is -2.19. The molecule has 1 atom stereocenters. The van der Waals surface area contributed by atoms with E-state index in [0.29, 0.717) is 16.5 Å². The van der Waals surface area contributed by atoms with Gasteiger partial charge in [-0.3, -0.25) is 4.79 Å². The third kappa shape index (κ3) is 4.00. The smallest absolute Gasteiger partial charge is 0.244 e. The van der Waals surface area contributed by atoms with Gasteiger partial charge < -0.3 is 5.11 Å². The van der Waals surface area contributed by atoms with E-state index in [9.17, 15) is 9.90 Å². The Morgan fingerprint density at radius 3 is 1.97 bits per heavy atom. The number of hydrogen-bond acceptors (Lipinski definition) is 3. The van der Waals surface area contributed by atoms with Crippen LogP contribution in [0.15, 0.2) is 77.9 Å². The lowest BCUT2D eigenvalue weighted by Crippen LogP contribution is -2.25. The van der Waals surface area contributed by atoms with Crippen LogP contribution in [0.4, 0.5) is 0 Å². The van der Waals surface area contributed by atoms with E-state index in [1.165, 1.54) is 0 Å². The van der Waals surface area contributed by atoms with E-state index in [4.69, 9.17) is 23.2 Å². The highest BCUT2D eigenvalue weighted by atomic mass is 35.5. The molecule has 146 valence electrons. The summed E-state index contributed by atoms with van der Waals surface area (Å²) in [7, 11) is 0. The second-order valence-corrected chi connectivity index (χ2v) is 7.94. The number of carbonyl (C=O) groups excluding carboxylic acids is 1. The number of rotatable bonds is 5. The Labute approximate surface area is 178 Å². The number of benzene rings is 3. The Bertz CT molecular complexity index is 1000. The molecule has 0 bridgehead atoms. The van der Waals surface area contributed by atoms with E-state index in [1.807, 2.05) is 48.5 Å². The second kappa shape index (κ2) is 7.90. The first kappa shape index (κ1) is 19.5. The van der Waals surface area contributed by atoms with E-state index in [-0.39, 0.29) is 17.6 Å². The molecule has 0 spiro atoms. The number of phenols is 1. The SMILES string of the molecule is O=C(N/N=C\c1ccc(O)cc1)[C@@H]1CC1(c1ccc(Cl)cc1)c1ccc(Cl)cc1. The van der Waals surface area contributed by atoms with Crippen LogP contribution in [0.5, 0.6) is 5.75 Å². The van der Waals surface area contributed by atoms with Gasteiger partial charge in [0.15, 0.2) is 0 Å². The summed E-state index contributed by atoms with van der Waals surface area (Å²) in [5.41, 5.74) is 5.06. The minimum Gasteiger partial charge on any atom is -0.508 e. The number of nitrogens with zero attached hydrogens (tertiary/aromatic N) is 1. The van der Waals surface area contributed by atoms with Crippen molar-refractivity contribution in [1.29, 1.82) is 0 Å². The van der Waals surface area contributed by atoms with Crippen molar-refractivity contribution >= 4 is 35.3 Å². The molecule has 3 aromatic carbocycles. The van der Waals surface area contributed by atoms with Crippen molar-refractivity contribution in [3.63, 3.8) is 0 Å². The van der Waals surface area contributed by atoms with Crippen LogP contribution < -0.4 is 5.43 Å². The number of nitrogens with one attached hydrogen (secondary N) is 1. The molecule has 1 saturated carbocycles. The van der Waals surface area contributed by atoms with Gasteiger partial charge in [-0.15, -0.1) is 0 Å². The van der Waals surface area contributed by atoms with Crippen LogP contribution in [0, 0.1) is 5.92 Å². The first-order valence-electron chi connectivity index (χ1n) is 9.13. The molecule has 0 heterocycles. The van der Waals surface area contributed by atoms with Gasteiger partial charge in [0, 0.05) is 15.5 Å². The summed E-state index contributed by atoms with van der Waals surface area (Å²) in [6, 6.07) is 21.8. The van der Waals surface area contributed by atoms with Crippen molar-refractivity contribution in [1.82, 2.24) is 5.43 Å². The maximum absolute atomic E-state index is 12.8. The molecule has 1 amide bonds. The number of aromatic hydroxyl groups is 1. The van der Waals surface area contributed by atoms with Crippen LogP contribution in [0.1, 0.15) is 23.1 Å². The third-order valence-electron chi connectivity index (χ3n) is 5.28.